The molecular formula is C43H77O14P. The van der Waals surface area contributed by atoms with Crippen molar-refractivity contribution < 1.29 is 68.2 Å². The quantitative estimate of drug-likeness (QED) is 0.0114. The van der Waals surface area contributed by atoms with Crippen molar-refractivity contribution in [1.29, 1.82) is 0 Å². The maximum absolute atomic E-state index is 12.8. The normalized spacial score (nSPS) is 23.4. The van der Waals surface area contributed by atoms with E-state index in [1.54, 1.807) is 6.08 Å². The minimum absolute atomic E-state index is 0.0513. The highest BCUT2D eigenvalue weighted by molar-refractivity contribution is 7.47. The molecular weight excluding hydrogens is 771 g/mol. The first-order valence-electron chi connectivity index (χ1n) is 21.9. The van der Waals surface area contributed by atoms with E-state index >= 15 is 0 Å². The zero-order valence-electron chi connectivity index (χ0n) is 35.2. The van der Waals surface area contributed by atoms with E-state index in [1.807, 2.05) is 37.3 Å². The number of carbonyl (C=O) groups excluding carboxylic acids is 2. The molecule has 0 amide bonds. The molecule has 14 nitrogen and oxygen atoms in total. The molecule has 1 fully saturated rings. The Morgan fingerprint density at radius 2 is 1.12 bits per heavy atom. The van der Waals surface area contributed by atoms with Gasteiger partial charge in [0.1, 0.15) is 43.2 Å². The van der Waals surface area contributed by atoms with Crippen LogP contribution >= 0.6 is 7.82 Å². The van der Waals surface area contributed by atoms with E-state index in [0.717, 1.165) is 57.8 Å². The molecule has 15 heteroatoms. The van der Waals surface area contributed by atoms with Gasteiger partial charge in [0.15, 0.2) is 6.10 Å². The van der Waals surface area contributed by atoms with Crippen molar-refractivity contribution in [3.8, 4) is 0 Å². The molecule has 58 heavy (non-hydrogen) atoms. The van der Waals surface area contributed by atoms with E-state index < -0.39 is 81.8 Å². The van der Waals surface area contributed by atoms with Gasteiger partial charge in [-0.15, -0.1) is 0 Å². The summed E-state index contributed by atoms with van der Waals surface area (Å²) < 4.78 is 33.4. The van der Waals surface area contributed by atoms with Gasteiger partial charge in [-0.3, -0.25) is 18.6 Å². The second-order valence-corrected chi connectivity index (χ2v) is 16.8. The summed E-state index contributed by atoms with van der Waals surface area (Å²) in [5.74, 6) is -1.15. The number of unbranched alkanes of at least 4 members (excludes halogenated alkanes) is 17. The third-order valence-electron chi connectivity index (χ3n) is 10.1. The molecule has 1 aliphatic rings. The number of aliphatic hydroxyl groups excluding tert-OH is 6. The molecule has 0 heterocycles. The first-order chi connectivity index (χ1) is 27.8. The molecule has 1 saturated carbocycles. The van der Waals surface area contributed by atoms with Crippen molar-refractivity contribution in [2.45, 2.75) is 210 Å². The van der Waals surface area contributed by atoms with E-state index in [0.29, 0.717) is 19.3 Å². The van der Waals surface area contributed by atoms with Crippen molar-refractivity contribution in [3.63, 3.8) is 0 Å². The Balaban J connectivity index is 2.52. The Morgan fingerprint density at radius 1 is 0.621 bits per heavy atom. The Bertz CT molecular complexity index is 1180. The lowest BCUT2D eigenvalue weighted by Crippen LogP contribution is -2.64. The van der Waals surface area contributed by atoms with Crippen LogP contribution in [-0.4, -0.2) is 110 Å². The fourth-order valence-electron chi connectivity index (χ4n) is 6.50. The maximum atomic E-state index is 12.8. The van der Waals surface area contributed by atoms with E-state index in [1.165, 1.54) is 57.8 Å². The Kier molecular flexibility index (Phi) is 31.4. The molecule has 0 spiro atoms. The van der Waals surface area contributed by atoms with Crippen LogP contribution in [0.4, 0.5) is 0 Å². The van der Waals surface area contributed by atoms with Gasteiger partial charge in [-0.05, 0) is 38.5 Å². The molecule has 9 atom stereocenters. The molecule has 0 saturated heterocycles. The molecule has 0 aromatic carbocycles. The molecule has 7 N–H and O–H groups in total. The summed E-state index contributed by atoms with van der Waals surface area (Å²) in [5.41, 5.74) is 0. The number of phosphoric acid groups is 1. The molecule has 338 valence electrons. The topological polar surface area (TPSA) is 230 Å². The SMILES string of the molecule is CC/C=C/CC(O)/C=C/C=C/CCCCCCCC(=O)O[C@H](COC(=O)CCCCCCCCCCCCCCC)COP(=O)(O)OC1[C@H](O)[C@H](O)C(O)[C@H](O)[C@H]1O. The van der Waals surface area contributed by atoms with Gasteiger partial charge in [-0.25, -0.2) is 4.57 Å². The third kappa shape index (κ3) is 26.3. The number of esters is 2. The molecule has 0 aromatic rings. The van der Waals surface area contributed by atoms with Gasteiger partial charge in [0.25, 0.3) is 0 Å². The lowest BCUT2D eigenvalue weighted by atomic mass is 9.85. The van der Waals surface area contributed by atoms with Crippen LogP contribution in [0.15, 0.2) is 36.5 Å². The number of allylic oxidation sites excluding steroid dienone is 4. The summed E-state index contributed by atoms with van der Waals surface area (Å²) in [6, 6.07) is 0. The van der Waals surface area contributed by atoms with Crippen molar-refractivity contribution >= 4 is 19.8 Å². The van der Waals surface area contributed by atoms with E-state index in [9.17, 15) is 49.7 Å². The zero-order chi connectivity index (χ0) is 43.0. The van der Waals surface area contributed by atoms with Crippen molar-refractivity contribution in [3.05, 3.63) is 36.5 Å². The molecule has 0 radical (unpaired) electrons. The van der Waals surface area contributed by atoms with E-state index in [2.05, 4.69) is 6.92 Å². The minimum Gasteiger partial charge on any atom is -0.462 e. The van der Waals surface area contributed by atoms with Crippen LogP contribution in [-0.2, 0) is 32.7 Å². The van der Waals surface area contributed by atoms with Crippen LogP contribution in [0.5, 0.6) is 0 Å². The van der Waals surface area contributed by atoms with E-state index in [4.69, 9.17) is 18.5 Å². The van der Waals surface area contributed by atoms with Crippen LogP contribution in [0, 0.1) is 0 Å². The highest BCUT2D eigenvalue weighted by Gasteiger charge is 2.51. The number of phosphoric ester groups is 1. The van der Waals surface area contributed by atoms with Gasteiger partial charge in [-0.2, -0.15) is 0 Å². The standard InChI is InChI=1S/C43H77O14P/c1-3-5-7-8-9-10-11-12-13-16-19-22-26-30-36(45)54-32-35(33-55-58(52,53)57-43-41(50)39(48)38(47)40(49)42(43)51)56-37(46)31-27-23-20-17-14-15-18-21-25-29-34(44)28-24-6-4-2/h6,18,21,24-25,29,34-35,38-44,47-51H,3-5,7-17,19-20,22-23,26-28,30-33H2,1-2H3,(H,52,53)/b21-18+,24-6+,29-25+/t34?,35-,38?,39-,40+,41-,42-,43?/m1/s1. The molecule has 0 aromatic heterocycles. The van der Waals surface area contributed by atoms with Crippen molar-refractivity contribution in [1.82, 2.24) is 0 Å². The number of hydrogen-bond acceptors (Lipinski definition) is 13. The summed E-state index contributed by atoms with van der Waals surface area (Å²) in [4.78, 5) is 35.6. The monoisotopic (exact) mass is 849 g/mol. The lowest BCUT2D eigenvalue weighted by molar-refractivity contribution is -0.220. The second kappa shape index (κ2) is 33.7. The average Bonchev–Trinajstić information content (AvgIpc) is 3.19. The third-order valence-corrected chi connectivity index (χ3v) is 11.1. The first kappa shape index (κ1) is 54.0. The van der Waals surface area contributed by atoms with Gasteiger partial charge in [0.05, 0.1) is 12.7 Å². The predicted octanol–water partition coefficient (Wildman–Crippen LogP) is 6.80. The highest BCUT2D eigenvalue weighted by Crippen LogP contribution is 2.47. The van der Waals surface area contributed by atoms with Crippen LogP contribution in [0.1, 0.15) is 162 Å². The smallest absolute Gasteiger partial charge is 0.462 e. The van der Waals surface area contributed by atoms with Crippen LogP contribution in [0.3, 0.4) is 0 Å². The number of carbonyl (C=O) groups is 2. The van der Waals surface area contributed by atoms with Gasteiger partial charge in [0.2, 0.25) is 0 Å². The fraction of sp³-hybridized carbons (Fsp3) is 0.814. The van der Waals surface area contributed by atoms with Crippen LogP contribution < -0.4 is 0 Å². The van der Waals surface area contributed by atoms with Gasteiger partial charge in [0, 0.05) is 12.8 Å². The minimum atomic E-state index is -5.13. The number of hydrogen-bond donors (Lipinski definition) is 7. The van der Waals surface area contributed by atoms with Gasteiger partial charge < -0.3 is 45.0 Å². The molecule has 0 bridgehead atoms. The Morgan fingerprint density at radius 3 is 1.67 bits per heavy atom. The summed E-state index contributed by atoms with van der Waals surface area (Å²) in [7, 11) is -5.13. The van der Waals surface area contributed by atoms with Crippen LogP contribution in [0.25, 0.3) is 0 Å². The van der Waals surface area contributed by atoms with Crippen molar-refractivity contribution in [2.75, 3.05) is 13.2 Å². The van der Waals surface area contributed by atoms with E-state index in [-0.39, 0.29) is 12.8 Å². The second-order valence-electron chi connectivity index (χ2n) is 15.4. The Labute approximate surface area is 347 Å². The molecule has 0 aliphatic heterocycles. The molecule has 4 unspecified atom stereocenters. The molecule has 1 aliphatic carbocycles. The lowest BCUT2D eigenvalue weighted by Gasteiger charge is -2.41. The summed E-state index contributed by atoms with van der Waals surface area (Å²) >= 11 is 0. The largest absolute Gasteiger partial charge is 0.472 e. The first-order valence-corrected chi connectivity index (χ1v) is 23.4. The Hall–Kier alpha value is -1.97. The molecule has 1 rings (SSSR count). The predicted molar refractivity (Wildman–Crippen MR) is 222 cm³/mol. The number of ether oxygens (including phenoxy) is 2. The van der Waals surface area contributed by atoms with Gasteiger partial charge >= 0.3 is 19.8 Å². The van der Waals surface area contributed by atoms with Gasteiger partial charge in [-0.1, -0.05) is 147 Å². The average molecular weight is 849 g/mol. The summed E-state index contributed by atoms with van der Waals surface area (Å²) in [6.45, 7) is 3.05. The number of rotatable bonds is 35. The number of aliphatic hydroxyl groups is 6. The fourth-order valence-corrected chi connectivity index (χ4v) is 7.47. The maximum Gasteiger partial charge on any atom is 0.472 e. The summed E-state index contributed by atoms with van der Waals surface area (Å²) in [5, 5.41) is 59.9. The van der Waals surface area contributed by atoms with Crippen LogP contribution in [0.2, 0.25) is 0 Å². The summed E-state index contributed by atoms with van der Waals surface area (Å²) in [6.07, 6.45) is 19.6. The van der Waals surface area contributed by atoms with Crippen molar-refractivity contribution in [2.24, 2.45) is 0 Å². The highest BCUT2D eigenvalue weighted by atomic mass is 31.2. The zero-order valence-corrected chi connectivity index (χ0v) is 36.1.